The van der Waals surface area contributed by atoms with Crippen molar-refractivity contribution in [3.05, 3.63) is 65.7 Å². The maximum absolute atomic E-state index is 13.6. The first-order valence-corrected chi connectivity index (χ1v) is 9.74. The van der Waals surface area contributed by atoms with Gasteiger partial charge < -0.3 is 4.74 Å². The van der Waals surface area contributed by atoms with Crippen LogP contribution in [-0.4, -0.2) is 22.2 Å². The minimum atomic E-state index is -0.902. The molecule has 0 aliphatic heterocycles. The van der Waals surface area contributed by atoms with E-state index < -0.39 is 17.8 Å². The molecule has 0 bridgehead atoms. The summed E-state index contributed by atoms with van der Waals surface area (Å²) in [5.41, 5.74) is 0.953. The molecule has 27 heavy (non-hydrogen) atoms. The van der Waals surface area contributed by atoms with Crippen LogP contribution in [0.4, 0.5) is 13.9 Å². The van der Waals surface area contributed by atoms with E-state index in [1.165, 1.54) is 54.3 Å². The molecule has 0 saturated carbocycles. The fraction of sp³-hybridized carbons (Fsp3) is 0.167. The summed E-state index contributed by atoms with van der Waals surface area (Å²) >= 11 is 2.65. The number of aromatic nitrogens is 2. The molecule has 3 aromatic rings. The van der Waals surface area contributed by atoms with Gasteiger partial charge in [0.25, 0.3) is 5.91 Å². The molecule has 0 aliphatic rings. The second-order valence-electron chi connectivity index (χ2n) is 5.47. The van der Waals surface area contributed by atoms with Crippen molar-refractivity contribution in [2.24, 2.45) is 0 Å². The van der Waals surface area contributed by atoms with E-state index in [0.29, 0.717) is 15.2 Å². The zero-order valence-corrected chi connectivity index (χ0v) is 15.8. The average Bonchev–Trinajstić information content (AvgIpc) is 3.10. The van der Waals surface area contributed by atoms with Crippen LogP contribution in [0.15, 0.2) is 52.9 Å². The Morgan fingerprint density at radius 2 is 1.93 bits per heavy atom. The van der Waals surface area contributed by atoms with E-state index >= 15 is 0 Å². The number of thioether (sulfide) groups is 1. The van der Waals surface area contributed by atoms with E-state index in [1.807, 2.05) is 0 Å². The van der Waals surface area contributed by atoms with Gasteiger partial charge in [0.2, 0.25) is 5.13 Å². The van der Waals surface area contributed by atoms with Crippen LogP contribution < -0.4 is 10.1 Å². The smallest absolute Gasteiger partial charge is 0.266 e. The molecule has 0 saturated heterocycles. The quantitative estimate of drug-likeness (QED) is 0.461. The van der Waals surface area contributed by atoms with Gasteiger partial charge in [-0.2, -0.15) is 0 Å². The van der Waals surface area contributed by atoms with Crippen molar-refractivity contribution in [1.82, 2.24) is 10.2 Å². The molecule has 9 heteroatoms. The lowest BCUT2D eigenvalue weighted by Crippen LogP contribution is -2.30. The minimum Gasteiger partial charge on any atom is -0.478 e. The lowest BCUT2D eigenvalue weighted by atomic mass is 10.2. The third-order valence-electron chi connectivity index (χ3n) is 3.42. The fourth-order valence-corrected chi connectivity index (χ4v) is 3.75. The molecule has 1 heterocycles. The van der Waals surface area contributed by atoms with Gasteiger partial charge >= 0.3 is 0 Å². The Morgan fingerprint density at radius 3 is 2.67 bits per heavy atom. The number of nitrogens with zero attached hydrogens (tertiary/aromatic N) is 2. The van der Waals surface area contributed by atoms with Crippen molar-refractivity contribution >= 4 is 34.1 Å². The van der Waals surface area contributed by atoms with Crippen molar-refractivity contribution in [1.29, 1.82) is 0 Å². The molecule has 1 N–H and O–H groups in total. The Morgan fingerprint density at radius 1 is 1.19 bits per heavy atom. The highest BCUT2D eigenvalue weighted by Crippen LogP contribution is 2.28. The summed E-state index contributed by atoms with van der Waals surface area (Å²) in [6.07, 6.45) is -0.902. The SMILES string of the molecule is CC(Oc1ccccc1F)C(=O)Nc1nnc(SCc2ccc(F)cc2)s1. The van der Waals surface area contributed by atoms with Crippen LogP contribution >= 0.6 is 23.1 Å². The predicted molar refractivity (Wildman–Crippen MR) is 101 cm³/mol. The molecule has 0 fully saturated rings. The van der Waals surface area contributed by atoms with E-state index in [4.69, 9.17) is 4.74 Å². The highest BCUT2D eigenvalue weighted by molar-refractivity contribution is 8.00. The number of hydrogen-bond donors (Lipinski definition) is 1. The second kappa shape index (κ2) is 8.92. The van der Waals surface area contributed by atoms with E-state index in [2.05, 4.69) is 15.5 Å². The molecular formula is C18H15F2N3O2S2. The van der Waals surface area contributed by atoms with Crippen LogP contribution in [0, 0.1) is 11.6 Å². The molecule has 140 valence electrons. The molecule has 2 aromatic carbocycles. The molecule has 0 spiro atoms. The summed E-state index contributed by atoms with van der Waals surface area (Å²) < 4.78 is 32.5. The number of benzene rings is 2. The first-order chi connectivity index (χ1) is 13.0. The number of para-hydroxylation sites is 1. The first-order valence-electron chi connectivity index (χ1n) is 7.94. The number of amides is 1. The molecule has 5 nitrogen and oxygen atoms in total. The number of ether oxygens (including phenoxy) is 1. The summed E-state index contributed by atoms with van der Waals surface area (Å²) in [6, 6.07) is 12.1. The lowest BCUT2D eigenvalue weighted by molar-refractivity contribution is -0.122. The van der Waals surface area contributed by atoms with Gasteiger partial charge in [0.05, 0.1) is 0 Å². The second-order valence-corrected chi connectivity index (χ2v) is 7.67. The molecule has 3 rings (SSSR count). The van der Waals surface area contributed by atoms with Crippen LogP contribution in [-0.2, 0) is 10.5 Å². The topological polar surface area (TPSA) is 64.1 Å². The van der Waals surface area contributed by atoms with Gasteiger partial charge in [-0.1, -0.05) is 47.4 Å². The summed E-state index contributed by atoms with van der Waals surface area (Å²) in [5.74, 6) is -0.656. The van der Waals surface area contributed by atoms with Crippen molar-refractivity contribution in [2.45, 2.75) is 23.1 Å². The van der Waals surface area contributed by atoms with Gasteiger partial charge in [-0.25, -0.2) is 8.78 Å². The van der Waals surface area contributed by atoms with Gasteiger partial charge in [0.1, 0.15) is 5.82 Å². The number of carbonyl (C=O) groups is 1. The van der Waals surface area contributed by atoms with E-state index in [1.54, 1.807) is 24.3 Å². The summed E-state index contributed by atoms with van der Waals surface area (Å²) in [7, 11) is 0. The normalized spacial score (nSPS) is 11.8. The maximum Gasteiger partial charge on any atom is 0.266 e. The molecular weight excluding hydrogens is 392 g/mol. The number of nitrogens with one attached hydrogen (secondary N) is 1. The lowest BCUT2D eigenvalue weighted by Gasteiger charge is -2.13. The fourth-order valence-electron chi connectivity index (χ4n) is 2.04. The number of anilines is 1. The van der Waals surface area contributed by atoms with Crippen molar-refractivity contribution in [3.63, 3.8) is 0 Å². The monoisotopic (exact) mass is 407 g/mol. The van der Waals surface area contributed by atoms with Crippen molar-refractivity contribution in [2.75, 3.05) is 5.32 Å². The highest BCUT2D eigenvalue weighted by atomic mass is 32.2. The van der Waals surface area contributed by atoms with Crippen LogP contribution in [0.5, 0.6) is 5.75 Å². The van der Waals surface area contributed by atoms with Crippen molar-refractivity contribution < 1.29 is 18.3 Å². The Kier molecular flexibility index (Phi) is 6.36. The molecule has 0 radical (unpaired) electrons. The van der Waals surface area contributed by atoms with Gasteiger partial charge in [-0.3, -0.25) is 10.1 Å². The maximum atomic E-state index is 13.6. The molecule has 1 atom stereocenters. The third kappa shape index (κ3) is 5.48. The van der Waals surface area contributed by atoms with E-state index in [-0.39, 0.29) is 11.6 Å². The summed E-state index contributed by atoms with van der Waals surface area (Å²) in [4.78, 5) is 12.2. The summed E-state index contributed by atoms with van der Waals surface area (Å²) in [5, 5.41) is 10.8. The molecule has 0 aliphatic carbocycles. The zero-order valence-electron chi connectivity index (χ0n) is 14.2. The molecule has 1 aromatic heterocycles. The molecule has 1 amide bonds. The predicted octanol–water partition coefficient (Wildman–Crippen LogP) is 4.51. The molecule has 1 unspecified atom stereocenters. The zero-order chi connectivity index (χ0) is 19.2. The first kappa shape index (κ1) is 19.2. The van der Waals surface area contributed by atoms with Crippen LogP contribution in [0.25, 0.3) is 0 Å². The third-order valence-corrected chi connectivity index (χ3v) is 5.46. The number of halogens is 2. The van der Waals surface area contributed by atoms with Crippen LogP contribution in [0.1, 0.15) is 12.5 Å². The highest BCUT2D eigenvalue weighted by Gasteiger charge is 2.18. The Labute approximate surface area is 162 Å². The minimum absolute atomic E-state index is 0.00737. The number of rotatable bonds is 7. The van der Waals surface area contributed by atoms with Gasteiger partial charge in [-0.05, 0) is 36.8 Å². The largest absolute Gasteiger partial charge is 0.478 e. The number of hydrogen-bond acceptors (Lipinski definition) is 6. The van der Waals surface area contributed by atoms with E-state index in [0.717, 1.165) is 5.56 Å². The summed E-state index contributed by atoms with van der Waals surface area (Å²) in [6.45, 7) is 1.52. The van der Waals surface area contributed by atoms with Gasteiger partial charge in [-0.15, -0.1) is 10.2 Å². The van der Waals surface area contributed by atoms with Crippen LogP contribution in [0.3, 0.4) is 0 Å². The Bertz CT molecular complexity index is 919. The Balaban J connectivity index is 1.52. The van der Waals surface area contributed by atoms with Crippen molar-refractivity contribution in [3.8, 4) is 5.75 Å². The van der Waals surface area contributed by atoms with Gasteiger partial charge in [0.15, 0.2) is 22.0 Å². The van der Waals surface area contributed by atoms with Crippen LogP contribution in [0.2, 0.25) is 0 Å². The Hall–Kier alpha value is -2.52. The van der Waals surface area contributed by atoms with Gasteiger partial charge in [0, 0.05) is 5.75 Å². The number of carbonyl (C=O) groups excluding carboxylic acids is 1. The van der Waals surface area contributed by atoms with E-state index in [9.17, 15) is 13.6 Å². The average molecular weight is 407 g/mol. The standard InChI is InChI=1S/C18H15F2N3O2S2/c1-11(25-15-5-3-2-4-14(15)20)16(24)21-17-22-23-18(27-17)26-10-12-6-8-13(19)9-7-12/h2-9,11H,10H2,1H3,(H,21,22,24).